The molecule has 268 valence electrons. The second kappa shape index (κ2) is 12.7. The molecule has 1 atom stereocenters. The first-order chi connectivity index (χ1) is 24.9. The van der Waals surface area contributed by atoms with Crippen molar-refractivity contribution in [3.05, 3.63) is 117 Å². The number of aryl methyl sites for hydroxylation is 1. The number of amides is 1. The number of hydrogen-bond acceptors (Lipinski definition) is 7. The number of pyridine rings is 3. The van der Waals surface area contributed by atoms with Gasteiger partial charge in [-0.05, 0) is 88.8 Å². The first-order valence-corrected chi connectivity index (χ1v) is 20.7. The third kappa shape index (κ3) is 6.20. The van der Waals surface area contributed by atoms with E-state index in [-0.39, 0.29) is 27.5 Å². The average Bonchev–Trinajstić information content (AvgIpc) is 4.02. The second-order valence-corrected chi connectivity index (χ2v) is 20.2. The summed E-state index contributed by atoms with van der Waals surface area (Å²) in [5.41, 5.74) is 5.31. The van der Waals surface area contributed by atoms with Crippen molar-refractivity contribution >= 4 is 36.5 Å². The zero-order valence-electron chi connectivity index (χ0n) is 30.5. The molecule has 5 aromatic rings. The molecule has 1 saturated carbocycles. The van der Waals surface area contributed by atoms with Crippen LogP contribution in [0.15, 0.2) is 88.8 Å². The lowest BCUT2D eigenvalue weighted by Gasteiger charge is -2.26. The van der Waals surface area contributed by atoms with E-state index in [1.165, 1.54) is 24.6 Å². The molecule has 11 heteroatoms. The molecule has 1 N–H and O–H groups in total. The van der Waals surface area contributed by atoms with E-state index >= 15 is 0 Å². The maximum Gasteiger partial charge on any atom is 0.274 e. The minimum absolute atomic E-state index is 0.0805. The molecule has 0 spiro atoms. The van der Waals surface area contributed by atoms with Crippen LogP contribution >= 0.6 is 0 Å². The molecule has 52 heavy (non-hydrogen) atoms. The van der Waals surface area contributed by atoms with Gasteiger partial charge in [-0.2, -0.15) is 0 Å². The Kier molecular flexibility index (Phi) is 8.35. The normalized spacial score (nSPS) is 20.1. The van der Waals surface area contributed by atoms with Gasteiger partial charge in [-0.1, -0.05) is 45.0 Å². The van der Waals surface area contributed by atoms with Gasteiger partial charge in [0.25, 0.3) is 17.0 Å². The molecule has 2 aliphatic heterocycles. The van der Waals surface area contributed by atoms with Crippen LogP contribution in [0.25, 0.3) is 27.6 Å². The van der Waals surface area contributed by atoms with Crippen LogP contribution in [0, 0.1) is 0 Å². The van der Waals surface area contributed by atoms with Crippen LogP contribution < -0.4 is 16.4 Å². The Balaban J connectivity index is 1.16. The van der Waals surface area contributed by atoms with Gasteiger partial charge in [0.2, 0.25) is 0 Å². The number of carbonyl (C=O) groups is 1. The third-order valence-corrected chi connectivity index (χ3v) is 16.7. The number of ether oxygens (including phenoxy) is 1. The summed E-state index contributed by atoms with van der Waals surface area (Å²) < 4.78 is 15.5. The van der Waals surface area contributed by atoms with E-state index in [0.717, 1.165) is 33.8 Å². The van der Waals surface area contributed by atoms with Crippen molar-refractivity contribution in [1.82, 2.24) is 19.0 Å². The van der Waals surface area contributed by atoms with Crippen LogP contribution in [0.1, 0.15) is 55.1 Å². The Bertz CT molecular complexity index is 2340. The fourth-order valence-electron chi connectivity index (χ4n) is 7.42. The van der Waals surface area contributed by atoms with Crippen LogP contribution in [-0.4, -0.2) is 59.5 Å². The number of nitrogens with one attached hydrogen (secondary N) is 1. The molecule has 8 rings (SSSR count). The lowest BCUT2D eigenvalue weighted by Crippen LogP contribution is -2.40. The van der Waals surface area contributed by atoms with Gasteiger partial charge >= 0.3 is 0 Å². The van der Waals surface area contributed by atoms with Crippen molar-refractivity contribution < 1.29 is 14.0 Å². The number of nitrogens with zero attached hydrogens (tertiary/aromatic N) is 4. The SMILES string of the molecule is Cn1cc(-c2cccc(-n3ccc4cc(C5(C)CC5)ccc4c3=O)c2CO[Si@]2(C)CC2(C)C)cc(Nc2ccc(C(=O)N3CCOCC3)cn2)c1=O. The molecule has 2 saturated heterocycles. The number of hydrogen-bond donors (Lipinski definition) is 1. The molecule has 0 unspecified atom stereocenters. The topological polar surface area (TPSA) is 108 Å². The molecule has 3 aliphatic rings. The summed E-state index contributed by atoms with van der Waals surface area (Å²) in [7, 11) is -0.222. The molecular formula is C41H45N5O5Si. The smallest absolute Gasteiger partial charge is 0.274 e. The molecule has 0 radical (unpaired) electrons. The molecule has 10 nitrogen and oxygen atoms in total. The van der Waals surface area contributed by atoms with Crippen LogP contribution in [-0.2, 0) is 28.2 Å². The van der Waals surface area contributed by atoms with E-state index in [4.69, 9.17) is 9.16 Å². The number of fused-ring (bicyclic) bond motifs is 1. The molecule has 5 heterocycles. The molecule has 1 aliphatic carbocycles. The summed E-state index contributed by atoms with van der Waals surface area (Å²) in [6, 6.07) is 20.5. The standard InChI is InChI=1S/C41H45N5O5Si/c1-40(2)26-52(40,5)51-25-33-31(7-6-8-35(33)46-16-13-27-21-30(41(3)14-15-41)10-11-32(27)38(46)48)29-22-34(39(49)44(4)24-29)43-36-12-9-28(23-42-36)37(47)45-17-19-50-20-18-45/h6-13,16,21-24H,14-15,17-20,25-26H2,1-5H3,(H,42,43)/t52-/m1/s1. The molecular weight excluding hydrogens is 671 g/mol. The van der Waals surface area contributed by atoms with E-state index < -0.39 is 8.32 Å². The Morgan fingerprint density at radius 3 is 2.46 bits per heavy atom. The van der Waals surface area contributed by atoms with Crippen molar-refractivity contribution in [3.63, 3.8) is 0 Å². The first kappa shape index (κ1) is 34.3. The van der Waals surface area contributed by atoms with Gasteiger partial charge in [0, 0.05) is 55.2 Å². The van der Waals surface area contributed by atoms with E-state index in [0.29, 0.717) is 55.4 Å². The lowest BCUT2D eigenvalue weighted by molar-refractivity contribution is 0.0302. The summed E-state index contributed by atoms with van der Waals surface area (Å²) >= 11 is 0. The number of carbonyl (C=O) groups excluding carboxylic acids is 1. The molecule has 2 aromatic carbocycles. The predicted molar refractivity (Wildman–Crippen MR) is 206 cm³/mol. The van der Waals surface area contributed by atoms with Gasteiger partial charge in [-0.3, -0.25) is 19.0 Å². The van der Waals surface area contributed by atoms with Crippen LogP contribution in [0.4, 0.5) is 11.5 Å². The second-order valence-electron chi connectivity index (χ2n) is 15.8. The number of rotatable bonds is 9. The monoisotopic (exact) mass is 715 g/mol. The minimum atomic E-state index is -1.94. The highest BCUT2D eigenvalue weighted by molar-refractivity contribution is 6.86. The van der Waals surface area contributed by atoms with Gasteiger partial charge in [0.1, 0.15) is 11.5 Å². The zero-order chi connectivity index (χ0) is 36.4. The van der Waals surface area contributed by atoms with Gasteiger partial charge in [-0.15, -0.1) is 0 Å². The summed E-state index contributed by atoms with van der Waals surface area (Å²) in [5.74, 6) is 0.353. The van der Waals surface area contributed by atoms with E-state index in [9.17, 15) is 14.4 Å². The van der Waals surface area contributed by atoms with Crippen molar-refractivity contribution in [1.29, 1.82) is 0 Å². The molecule has 0 bridgehead atoms. The Morgan fingerprint density at radius 2 is 1.77 bits per heavy atom. The lowest BCUT2D eigenvalue weighted by atomic mass is 9.96. The van der Waals surface area contributed by atoms with Crippen molar-refractivity contribution in [2.45, 2.75) is 63.3 Å². The van der Waals surface area contributed by atoms with Crippen molar-refractivity contribution in [2.24, 2.45) is 7.05 Å². The maximum absolute atomic E-state index is 14.2. The van der Waals surface area contributed by atoms with E-state index in [1.807, 2.05) is 48.8 Å². The largest absolute Gasteiger partial charge is 0.412 e. The third-order valence-electron chi connectivity index (χ3n) is 11.7. The number of aromatic nitrogens is 3. The summed E-state index contributed by atoms with van der Waals surface area (Å²) in [6.07, 6.45) is 7.57. The highest BCUT2D eigenvalue weighted by atomic mass is 28.4. The summed E-state index contributed by atoms with van der Waals surface area (Å²) in [6.45, 7) is 11.6. The van der Waals surface area contributed by atoms with Gasteiger partial charge in [-0.25, -0.2) is 4.98 Å². The van der Waals surface area contributed by atoms with Gasteiger partial charge < -0.3 is 23.9 Å². The average molecular weight is 716 g/mol. The predicted octanol–water partition coefficient (Wildman–Crippen LogP) is 6.90. The van der Waals surface area contributed by atoms with Crippen molar-refractivity contribution in [3.8, 4) is 16.8 Å². The van der Waals surface area contributed by atoms with Crippen LogP contribution in [0.2, 0.25) is 17.6 Å². The van der Waals surface area contributed by atoms with Crippen LogP contribution in [0.3, 0.4) is 0 Å². The van der Waals surface area contributed by atoms with Crippen molar-refractivity contribution in [2.75, 3.05) is 31.6 Å². The summed E-state index contributed by atoms with van der Waals surface area (Å²) in [4.78, 5) is 46.8. The fraction of sp³-hybridized carbons (Fsp3) is 0.366. The minimum Gasteiger partial charge on any atom is -0.412 e. The summed E-state index contributed by atoms with van der Waals surface area (Å²) in [5, 5.41) is 5.00. The van der Waals surface area contributed by atoms with E-state index in [2.05, 4.69) is 49.8 Å². The maximum atomic E-state index is 14.2. The fourth-order valence-corrected chi connectivity index (χ4v) is 10.7. The molecule has 3 fully saturated rings. The highest BCUT2D eigenvalue weighted by Gasteiger charge is 2.62. The van der Waals surface area contributed by atoms with Crippen LogP contribution in [0.5, 0.6) is 0 Å². The Hall–Kier alpha value is -4.84. The number of morpholine rings is 1. The quantitative estimate of drug-likeness (QED) is 0.166. The highest BCUT2D eigenvalue weighted by Crippen LogP contribution is 2.62. The molecule has 3 aromatic heterocycles. The molecule has 1 amide bonds. The Morgan fingerprint density at radius 1 is 1.00 bits per heavy atom. The zero-order valence-corrected chi connectivity index (χ0v) is 31.5. The number of benzene rings is 2. The first-order valence-electron chi connectivity index (χ1n) is 18.1. The number of anilines is 2. The van der Waals surface area contributed by atoms with E-state index in [1.54, 1.807) is 33.2 Å². The van der Waals surface area contributed by atoms with Gasteiger partial charge in [0.05, 0.1) is 31.1 Å². The van der Waals surface area contributed by atoms with Gasteiger partial charge in [0.15, 0.2) is 8.32 Å². The Labute approximate surface area is 304 Å².